The quantitative estimate of drug-likeness (QED) is 0.780. The van der Waals surface area contributed by atoms with E-state index in [1.165, 1.54) is 5.69 Å². The Balaban J connectivity index is 2.33. The Morgan fingerprint density at radius 2 is 2.10 bits per heavy atom. The molecule has 0 aliphatic carbocycles. The molecule has 0 aliphatic heterocycles. The highest BCUT2D eigenvalue weighted by molar-refractivity contribution is 9.10. The largest absolute Gasteiger partial charge is 0.309 e. The zero-order chi connectivity index (χ0) is 15.4. The van der Waals surface area contributed by atoms with Crippen LogP contribution in [0.4, 0.5) is 0 Å². The summed E-state index contributed by atoms with van der Waals surface area (Å²) in [6.07, 6.45) is 3.60. The summed E-state index contributed by atoms with van der Waals surface area (Å²) >= 11 is 7.29. The molecule has 2 heterocycles. The Morgan fingerprint density at radius 1 is 1.33 bits per heavy atom. The first-order valence-corrected chi connectivity index (χ1v) is 8.71. The number of rotatable bonds is 6. The van der Waals surface area contributed by atoms with Gasteiger partial charge in [0.05, 0.1) is 27.6 Å². The van der Waals surface area contributed by atoms with Crippen molar-refractivity contribution in [2.24, 2.45) is 7.05 Å². The maximum atomic E-state index is 4.57. The minimum absolute atomic E-state index is 0.155. The second-order valence-corrected chi connectivity index (χ2v) is 6.52. The van der Waals surface area contributed by atoms with E-state index in [1.54, 1.807) is 0 Å². The van der Waals surface area contributed by atoms with Gasteiger partial charge in [-0.2, -0.15) is 5.10 Å². The first kappa shape index (κ1) is 16.6. The van der Waals surface area contributed by atoms with E-state index in [-0.39, 0.29) is 6.04 Å². The van der Waals surface area contributed by atoms with Gasteiger partial charge in [-0.15, -0.1) is 0 Å². The van der Waals surface area contributed by atoms with Gasteiger partial charge in [0.2, 0.25) is 0 Å². The normalized spacial score (nSPS) is 12.6. The van der Waals surface area contributed by atoms with Gasteiger partial charge >= 0.3 is 0 Å². The molecule has 2 aromatic rings. The number of hydrogen-bond acceptors (Lipinski definition) is 3. The predicted octanol–water partition coefficient (Wildman–Crippen LogP) is 3.80. The fraction of sp³-hybridized carbons (Fsp3) is 0.467. The molecule has 2 rings (SSSR count). The number of nitrogens with zero attached hydrogens (tertiary/aromatic N) is 3. The molecule has 0 saturated carbocycles. The number of aromatic nitrogens is 3. The zero-order valence-electron chi connectivity index (χ0n) is 12.5. The van der Waals surface area contributed by atoms with Crippen LogP contribution in [0.1, 0.15) is 37.0 Å². The lowest BCUT2D eigenvalue weighted by molar-refractivity contribution is 0.514. The number of nitrogens with one attached hydrogen (secondary N) is 1. The van der Waals surface area contributed by atoms with E-state index in [1.807, 2.05) is 30.1 Å². The highest BCUT2D eigenvalue weighted by Crippen LogP contribution is 2.28. The molecule has 0 spiro atoms. The molecule has 0 aliphatic rings. The standard InChI is InChI=1S/C15H20Br2N4/c1-4-11-14(17)13(21(3)20-11)9-12(18-5-2)15-10(16)7-6-8-19-15/h6-8,12,18H,4-5,9H2,1-3H3. The lowest BCUT2D eigenvalue weighted by Crippen LogP contribution is -2.25. The summed E-state index contributed by atoms with van der Waals surface area (Å²) < 4.78 is 4.11. The second kappa shape index (κ2) is 7.51. The first-order chi connectivity index (χ1) is 10.1. The van der Waals surface area contributed by atoms with Gasteiger partial charge in [-0.1, -0.05) is 13.8 Å². The topological polar surface area (TPSA) is 42.7 Å². The van der Waals surface area contributed by atoms with Crippen LogP contribution < -0.4 is 5.32 Å². The summed E-state index contributed by atoms with van der Waals surface area (Å²) in [6.45, 7) is 5.12. The molecular weight excluding hydrogens is 396 g/mol. The lowest BCUT2D eigenvalue weighted by Gasteiger charge is -2.19. The van der Waals surface area contributed by atoms with E-state index in [2.05, 4.69) is 61.1 Å². The second-order valence-electron chi connectivity index (χ2n) is 4.87. The third-order valence-corrected chi connectivity index (χ3v) is 5.05. The van der Waals surface area contributed by atoms with Gasteiger partial charge in [-0.3, -0.25) is 9.67 Å². The van der Waals surface area contributed by atoms with Gasteiger partial charge in [-0.05, 0) is 57.0 Å². The Hall–Kier alpha value is -0.720. The van der Waals surface area contributed by atoms with Crippen LogP contribution >= 0.6 is 31.9 Å². The monoisotopic (exact) mass is 414 g/mol. The van der Waals surface area contributed by atoms with Crippen molar-refractivity contribution in [3.8, 4) is 0 Å². The van der Waals surface area contributed by atoms with E-state index >= 15 is 0 Å². The Labute approximate surface area is 142 Å². The third-order valence-electron chi connectivity index (χ3n) is 3.47. The summed E-state index contributed by atoms with van der Waals surface area (Å²) in [7, 11) is 2.00. The molecule has 0 radical (unpaired) electrons. The van der Waals surface area contributed by atoms with Gasteiger partial charge in [0.1, 0.15) is 0 Å². The van der Waals surface area contributed by atoms with Gasteiger partial charge in [0.25, 0.3) is 0 Å². The number of halogens is 2. The lowest BCUT2D eigenvalue weighted by atomic mass is 10.1. The van der Waals surface area contributed by atoms with Crippen LogP contribution in [0.15, 0.2) is 27.3 Å². The van der Waals surface area contributed by atoms with Gasteiger partial charge in [0.15, 0.2) is 0 Å². The molecule has 0 bridgehead atoms. The molecule has 21 heavy (non-hydrogen) atoms. The molecule has 0 aromatic carbocycles. The fourth-order valence-corrected chi connectivity index (χ4v) is 3.71. The third kappa shape index (κ3) is 3.73. The zero-order valence-corrected chi connectivity index (χ0v) is 15.7. The molecule has 114 valence electrons. The van der Waals surface area contributed by atoms with Crippen LogP contribution in [0.3, 0.4) is 0 Å². The smallest absolute Gasteiger partial charge is 0.0766 e. The summed E-state index contributed by atoms with van der Waals surface area (Å²) in [4.78, 5) is 4.53. The summed E-state index contributed by atoms with van der Waals surface area (Å²) in [5, 5.41) is 8.08. The van der Waals surface area contributed by atoms with Crippen molar-refractivity contribution in [2.45, 2.75) is 32.7 Å². The Kier molecular flexibility index (Phi) is 5.96. The minimum atomic E-state index is 0.155. The molecule has 0 amide bonds. The Morgan fingerprint density at radius 3 is 2.67 bits per heavy atom. The SMILES string of the molecule is CCNC(Cc1c(Br)c(CC)nn1C)c1ncccc1Br. The molecule has 1 unspecified atom stereocenters. The van der Waals surface area contributed by atoms with Crippen molar-refractivity contribution >= 4 is 31.9 Å². The number of likely N-dealkylation sites (N-methyl/N-ethyl adjacent to an activating group) is 1. The van der Waals surface area contributed by atoms with Crippen molar-refractivity contribution in [2.75, 3.05) is 6.54 Å². The van der Waals surface area contributed by atoms with Crippen molar-refractivity contribution in [1.82, 2.24) is 20.1 Å². The average Bonchev–Trinajstić information content (AvgIpc) is 2.74. The number of aryl methyl sites for hydroxylation is 2. The van der Waals surface area contributed by atoms with E-state index in [4.69, 9.17) is 0 Å². The average molecular weight is 416 g/mol. The van der Waals surface area contributed by atoms with Crippen LogP contribution in [-0.4, -0.2) is 21.3 Å². The van der Waals surface area contributed by atoms with Crippen molar-refractivity contribution in [3.63, 3.8) is 0 Å². The van der Waals surface area contributed by atoms with Crippen LogP contribution in [-0.2, 0) is 19.9 Å². The van der Waals surface area contributed by atoms with Crippen molar-refractivity contribution < 1.29 is 0 Å². The molecule has 1 N–H and O–H groups in total. The molecule has 0 fully saturated rings. The van der Waals surface area contributed by atoms with Crippen LogP contribution in [0, 0.1) is 0 Å². The Bertz CT molecular complexity index is 610. The van der Waals surface area contributed by atoms with Crippen molar-refractivity contribution in [1.29, 1.82) is 0 Å². The van der Waals surface area contributed by atoms with Gasteiger partial charge < -0.3 is 5.32 Å². The van der Waals surface area contributed by atoms with Crippen LogP contribution in [0.25, 0.3) is 0 Å². The summed E-state index contributed by atoms with van der Waals surface area (Å²) in [5.74, 6) is 0. The maximum absolute atomic E-state index is 4.57. The maximum Gasteiger partial charge on any atom is 0.0766 e. The van der Waals surface area contributed by atoms with Crippen LogP contribution in [0.5, 0.6) is 0 Å². The van der Waals surface area contributed by atoms with Gasteiger partial charge in [0, 0.05) is 24.1 Å². The van der Waals surface area contributed by atoms with Gasteiger partial charge in [-0.25, -0.2) is 0 Å². The van der Waals surface area contributed by atoms with E-state index < -0.39 is 0 Å². The highest BCUT2D eigenvalue weighted by atomic mass is 79.9. The number of pyridine rings is 1. The van der Waals surface area contributed by atoms with E-state index in [0.717, 1.165) is 39.7 Å². The molecule has 4 nitrogen and oxygen atoms in total. The molecule has 0 saturated heterocycles. The molecular formula is C15H20Br2N4. The summed E-state index contributed by atoms with van der Waals surface area (Å²) in [6, 6.07) is 4.12. The van der Waals surface area contributed by atoms with Crippen LogP contribution in [0.2, 0.25) is 0 Å². The predicted molar refractivity (Wildman–Crippen MR) is 92.3 cm³/mol. The first-order valence-electron chi connectivity index (χ1n) is 7.12. The molecule has 6 heteroatoms. The molecule has 1 atom stereocenters. The number of hydrogen-bond donors (Lipinski definition) is 1. The molecule has 2 aromatic heterocycles. The summed E-state index contributed by atoms with van der Waals surface area (Å²) in [5.41, 5.74) is 3.32. The highest BCUT2D eigenvalue weighted by Gasteiger charge is 2.20. The van der Waals surface area contributed by atoms with E-state index in [9.17, 15) is 0 Å². The fourth-order valence-electron chi connectivity index (χ4n) is 2.40. The van der Waals surface area contributed by atoms with E-state index in [0.29, 0.717) is 0 Å². The minimum Gasteiger partial charge on any atom is -0.309 e. The van der Waals surface area contributed by atoms with Crippen molar-refractivity contribution in [3.05, 3.63) is 44.4 Å².